The molecule has 0 amide bonds. The van der Waals surface area contributed by atoms with Gasteiger partial charge in [0.2, 0.25) is 0 Å². The first-order valence-corrected chi connectivity index (χ1v) is 7.20. The molecule has 0 aromatic carbocycles. The smallest absolute Gasteiger partial charge is 0.00502 e. The lowest BCUT2D eigenvalue weighted by molar-refractivity contribution is 0.152. The van der Waals surface area contributed by atoms with Crippen LogP contribution in [-0.2, 0) is 0 Å². The monoisotopic (exact) mass is 224 g/mol. The van der Waals surface area contributed by atoms with E-state index in [0.717, 1.165) is 12.5 Å². The Morgan fingerprint density at radius 3 is 2.44 bits per heavy atom. The second-order valence-electron chi connectivity index (χ2n) is 6.09. The number of hydrogen-bond acceptors (Lipinski definition) is 2. The summed E-state index contributed by atoms with van der Waals surface area (Å²) in [5.41, 5.74) is 6.51. The van der Waals surface area contributed by atoms with Gasteiger partial charge in [0.05, 0.1) is 0 Å². The van der Waals surface area contributed by atoms with E-state index in [4.69, 9.17) is 5.73 Å². The van der Waals surface area contributed by atoms with E-state index in [-0.39, 0.29) is 0 Å². The molecule has 0 atom stereocenters. The maximum absolute atomic E-state index is 6.03. The van der Waals surface area contributed by atoms with Gasteiger partial charge in [0.1, 0.15) is 0 Å². The molecule has 2 saturated carbocycles. The van der Waals surface area contributed by atoms with E-state index in [1.165, 1.54) is 64.6 Å². The quantitative estimate of drug-likeness (QED) is 0.720. The van der Waals surface area contributed by atoms with Crippen molar-refractivity contribution in [2.24, 2.45) is 17.1 Å². The van der Waals surface area contributed by atoms with E-state index < -0.39 is 0 Å². The van der Waals surface area contributed by atoms with Crippen molar-refractivity contribution in [3.8, 4) is 0 Å². The molecule has 0 spiro atoms. The molecule has 0 aromatic heterocycles. The van der Waals surface area contributed by atoms with Crippen molar-refractivity contribution in [3.05, 3.63) is 0 Å². The van der Waals surface area contributed by atoms with E-state index in [9.17, 15) is 0 Å². The fraction of sp³-hybridized carbons (Fsp3) is 1.00. The molecule has 0 heterocycles. The maximum Gasteiger partial charge on any atom is 0.00502 e. The minimum Gasteiger partial charge on any atom is -0.330 e. The molecule has 2 fully saturated rings. The normalized spacial score (nSPS) is 24.2. The summed E-state index contributed by atoms with van der Waals surface area (Å²) in [6.07, 6.45) is 9.77. The van der Waals surface area contributed by atoms with Crippen LogP contribution in [0.5, 0.6) is 0 Å². The van der Waals surface area contributed by atoms with Crippen LogP contribution in [0.3, 0.4) is 0 Å². The van der Waals surface area contributed by atoms with Gasteiger partial charge in [0.15, 0.2) is 0 Å². The van der Waals surface area contributed by atoms with Crippen molar-refractivity contribution in [1.82, 2.24) is 4.90 Å². The minimum atomic E-state index is 0.476. The standard InChI is InChI=1S/C14H28N2/c1-2-9-16(10-13-5-6-13)12-14(11-15)7-3-4-8-14/h13H,2-12,15H2,1H3. The molecular formula is C14H28N2. The fourth-order valence-electron chi connectivity index (χ4n) is 3.24. The third kappa shape index (κ3) is 3.21. The molecule has 0 unspecified atom stereocenters. The van der Waals surface area contributed by atoms with Gasteiger partial charge >= 0.3 is 0 Å². The second kappa shape index (κ2) is 5.50. The van der Waals surface area contributed by atoms with E-state index in [1.54, 1.807) is 0 Å². The third-order valence-electron chi connectivity index (χ3n) is 4.41. The Labute approximate surface area is 101 Å². The summed E-state index contributed by atoms with van der Waals surface area (Å²) < 4.78 is 0. The van der Waals surface area contributed by atoms with Crippen LogP contribution in [0.25, 0.3) is 0 Å². The molecular weight excluding hydrogens is 196 g/mol. The first-order valence-electron chi connectivity index (χ1n) is 7.20. The summed E-state index contributed by atoms with van der Waals surface area (Å²) >= 11 is 0. The molecule has 0 aromatic rings. The summed E-state index contributed by atoms with van der Waals surface area (Å²) in [6, 6.07) is 0. The van der Waals surface area contributed by atoms with Crippen molar-refractivity contribution < 1.29 is 0 Å². The van der Waals surface area contributed by atoms with Crippen molar-refractivity contribution >= 4 is 0 Å². The zero-order valence-corrected chi connectivity index (χ0v) is 10.9. The van der Waals surface area contributed by atoms with Gasteiger partial charge in [-0.25, -0.2) is 0 Å². The SMILES string of the molecule is CCCN(CC1CC1)CC1(CN)CCCC1. The average molecular weight is 224 g/mol. The van der Waals surface area contributed by atoms with Gasteiger partial charge in [-0.05, 0) is 56.5 Å². The van der Waals surface area contributed by atoms with E-state index in [2.05, 4.69) is 11.8 Å². The Morgan fingerprint density at radius 2 is 1.94 bits per heavy atom. The predicted octanol–water partition coefficient (Wildman–Crippen LogP) is 2.63. The number of nitrogens with zero attached hydrogens (tertiary/aromatic N) is 1. The summed E-state index contributed by atoms with van der Waals surface area (Å²) in [5.74, 6) is 1.02. The average Bonchev–Trinajstić information content (AvgIpc) is 2.96. The van der Waals surface area contributed by atoms with Crippen LogP contribution in [-0.4, -0.2) is 31.1 Å². The first kappa shape index (κ1) is 12.4. The highest BCUT2D eigenvalue weighted by atomic mass is 15.1. The molecule has 2 aliphatic rings. The van der Waals surface area contributed by atoms with Crippen LogP contribution in [0.2, 0.25) is 0 Å². The summed E-state index contributed by atoms with van der Waals surface area (Å²) in [7, 11) is 0. The van der Waals surface area contributed by atoms with Gasteiger partial charge < -0.3 is 10.6 Å². The number of rotatable bonds is 7. The van der Waals surface area contributed by atoms with Crippen molar-refractivity contribution in [2.75, 3.05) is 26.2 Å². The van der Waals surface area contributed by atoms with Gasteiger partial charge in [0.25, 0.3) is 0 Å². The molecule has 2 rings (SSSR count). The van der Waals surface area contributed by atoms with E-state index in [1.807, 2.05) is 0 Å². The lowest BCUT2D eigenvalue weighted by Gasteiger charge is -2.34. The second-order valence-corrected chi connectivity index (χ2v) is 6.09. The highest BCUT2D eigenvalue weighted by Crippen LogP contribution is 2.39. The molecule has 2 heteroatoms. The largest absolute Gasteiger partial charge is 0.330 e. The van der Waals surface area contributed by atoms with Crippen molar-refractivity contribution in [2.45, 2.75) is 51.9 Å². The Morgan fingerprint density at radius 1 is 1.25 bits per heavy atom. The molecule has 0 aliphatic heterocycles. The minimum absolute atomic E-state index is 0.476. The molecule has 2 nitrogen and oxygen atoms in total. The highest BCUT2D eigenvalue weighted by Gasteiger charge is 2.35. The molecule has 0 saturated heterocycles. The van der Waals surface area contributed by atoms with Crippen molar-refractivity contribution in [1.29, 1.82) is 0 Å². The predicted molar refractivity (Wildman–Crippen MR) is 69.4 cm³/mol. The van der Waals surface area contributed by atoms with Crippen LogP contribution < -0.4 is 5.73 Å². The van der Waals surface area contributed by atoms with Gasteiger partial charge in [-0.3, -0.25) is 0 Å². The molecule has 2 aliphatic carbocycles. The van der Waals surface area contributed by atoms with Crippen LogP contribution >= 0.6 is 0 Å². The van der Waals surface area contributed by atoms with E-state index >= 15 is 0 Å². The molecule has 0 radical (unpaired) electrons. The van der Waals surface area contributed by atoms with Gasteiger partial charge in [-0.2, -0.15) is 0 Å². The third-order valence-corrected chi connectivity index (χ3v) is 4.41. The zero-order valence-electron chi connectivity index (χ0n) is 10.9. The number of hydrogen-bond donors (Lipinski definition) is 1. The van der Waals surface area contributed by atoms with Gasteiger partial charge in [-0.1, -0.05) is 19.8 Å². The zero-order chi connectivity index (χ0) is 11.4. The Balaban J connectivity index is 1.86. The Kier molecular flexibility index (Phi) is 4.26. The highest BCUT2D eigenvalue weighted by molar-refractivity contribution is 4.89. The fourth-order valence-corrected chi connectivity index (χ4v) is 3.24. The van der Waals surface area contributed by atoms with Gasteiger partial charge in [-0.15, -0.1) is 0 Å². The summed E-state index contributed by atoms with van der Waals surface area (Å²) in [5, 5.41) is 0. The van der Waals surface area contributed by atoms with Crippen LogP contribution in [0.15, 0.2) is 0 Å². The Bertz CT molecular complexity index is 205. The topological polar surface area (TPSA) is 29.3 Å². The number of nitrogens with two attached hydrogens (primary N) is 1. The summed E-state index contributed by atoms with van der Waals surface area (Å²) in [4.78, 5) is 2.70. The molecule has 16 heavy (non-hydrogen) atoms. The van der Waals surface area contributed by atoms with Crippen LogP contribution in [0.1, 0.15) is 51.9 Å². The molecule has 94 valence electrons. The van der Waals surface area contributed by atoms with Crippen LogP contribution in [0.4, 0.5) is 0 Å². The van der Waals surface area contributed by atoms with E-state index in [0.29, 0.717) is 5.41 Å². The van der Waals surface area contributed by atoms with Crippen molar-refractivity contribution in [3.63, 3.8) is 0 Å². The lowest BCUT2D eigenvalue weighted by atomic mass is 9.85. The molecule has 0 bridgehead atoms. The first-order chi connectivity index (χ1) is 7.78. The molecule has 2 N–H and O–H groups in total. The summed E-state index contributed by atoms with van der Waals surface area (Å²) in [6.45, 7) is 7.09. The van der Waals surface area contributed by atoms with Gasteiger partial charge in [0, 0.05) is 13.1 Å². The maximum atomic E-state index is 6.03. The Hall–Kier alpha value is -0.0800. The lowest BCUT2D eigenvalue weighted by Crippen LogP contribution is -2.42. The van der Waals surface area contributed by atoms with Crippen LogP contribution in [0, 0.1) is 11.3 Å².